The van der Waals surface area contributed by atoms with Crippen LogP contribution in [0.4, 0.5) is 0 Å². The molecule has 0 heterocycles. The normalized spacial score (nSPS) is 24.2. The summed E-state index contributed by atoms with van der Waals surface area (Å²) < 4.78 is 5.97. The number of hydrogen-bond donors (Lipinski definition) is 1. The topological polar surface area (TPSA) is 21.3 Å². The van der Waals surface area contributed by atoms with Crippen LogP contribution in [0.5, 0.6) is 0 Å². The minimum Gasteiger partial charge on any atom is -0.377 e. The van der Waals surface area contributed by atoms with Crippen molar-refractivity contribution < 1.29 is 4.74 Å². The van der Waals surface area contributed by atoms with E-state index in [1.165, 1.54) is 57.1 Å². The molecule has 1 aromatic rings. The average Bonchev–Trinajstić information content (AvgIpc) is 2.62. The fourth-order valence-corrected chi connectivity index (χ4v) is 4.18. The van der Waals surface area contributed by atoms with Gasteiger partial charge in [-0.15, -0.1) is 0 Å². The summed E-state index contributed by atoms with van der Waals surface area (Å²) in [6.07, 6.45) is 9.47. The highest BCUT2D eigenvalue weighted by Gasteiger charge is 2.29. The van der Waals surface area contributed by atoms with Crippen molar-refractivity contribution in [2.75, 3.05) is 19.7 Å². The van der Waals surface area contributed by atoms with Crippen LogP contribution < -0.4 is 5.32 Å². The molecule has 2 nitrogen and oxygen atoms in total. The molecule has 2 heteroatoms. The lowest BCUT2D eigenvalue weighted by atomic mass is 9.71. The van der Waals surface area contributed by atoms with E-state index in [4.69, 9.17) is 4.74 Å². The Morgan fingerprint density at radius 2 is 1.83 bits per heavy atom. The summed E-state index contributed by atoms with van der Waals surface area (Å²) >= 11 is 0. The Kier molecular flexibility index (Phi) is 9.45. The lowest BCUT2D eigenvalue weighted by molar-refractivity contribution is 0.0769. The molecule has 24 heavy (non-hydrogen) atoms. The molecule has 0 aliphatic heterocycles. The summed E-state index contributed by atoms with van der Waals surface area (Å²) in [5.41, 5.74) is 1.28. The van der Waals surface area contributed by atoms with E-state index in [1.54, 1.807) is 0 Å². The van der Waals surface area contributed by atoms with Gasteiger partial charge in [0.2, 0.25) is 0 Å². The van der Waals surface area contributed by atoms with E-state index in [0.29, 0.717) is 0 Å². The van der Waals surface area contributed by atoms with E-state index < -0.39 is 0 Å². The van der Waals surface area contributed by atoms with Crippen LogP contribution >= 0.6 is 0 Å². The molecule has 0 bridgehead atoms. The van der Waals surface area contributed by atoms with Crippen molar-refractivity contribution in [3.63, 3.8) is 0 Å². The summed E-state index contributed by atoms with van der Waals surface area (Å²) in [7, 11) is 0. The second-order valence-corrected chi connectivity index (χ2v) is 7.52. The van der Waals surface area contributed by atoms with Crippen LogP contribution in [0.3, 0.4) is 0 Å². The fraction of sp³-hybridized carbons (Fsp3) is 0.727. The zero-order valence-corrected chi connectivity index (χ0v) is 15.8. The molecule has 0 amide bonds. The molecule has 2 rings (SSSR count). The summed E-state index contributed by atoms with van der Waals surface area (Å²) in [5, 5.41) is 3.66. The van der Waals surface area contributed by atoms with Crippen molar-refractivity contribution in [3.05, 3.63) is 35.9 Å². The van der Waals surface area contributed by atoms with Gasteiger partial charge in [-0.05, 0) is 62.1 Å². The molecule has 0 saturated heterocycles. The van der Waals surface area contributed by atoms with Crippen molar-refractivity contribution >= 4 is 0 Å². The molecule has 0 radical (unpaired) electrons. The molecule has 3 atom stereocenters. The van der Waals surface area contributed by atoms with Gasteiger partial charge in [-0.1, -0.05) is 63.4 Å². The van der Waals surface area contributed by atoms with Gasteiger partial charge >= 0.3 is 0 Å². The van der Waals surface area contributed by atoms with Crippen molar-refractivity contribution in [2.24, 2.45) is 17.8 Å². The monoisotopic (exact) mass is 331 g/mol. The number of benzene rings is 1. The van der Waals surface area contributed by atoms with Gasteiger partial charge in [0, 0.05) is 6.61 Å². The van der Waals surface area contributed by atoms with Crippen molar-refractivity contribution in [1.29, 1.82) is 0 Å². The lowest BCUT2D eigenvalue weighted by Crippen LogP contribution is -2.34. The molecule has 1 N–H and O–H groups in total. The predicted molar refractivity (Wildman–Crippen MR) is 103 cm³/mol. The first-order valence-electron chi connectivity index (χ1n) is 10.2. The number of hydrogen-bond acceptors (Lipinski definition) is 2. The Balaban J connectivity index is 1.75. The van der Waals surface area contributed by atoms with Crippen LogP contribution in [-0.2, 0) is 11.3 Å². The molecule has 1 fully saturated rings. The van der Waals surface area contributed by atoms with Gasteiger partial charge in [0.1, 0.15) is 0 Å². The van der Waals surface area contributed by atoms with E-state index in [0.717, 1.165) is 37.5 Å². The maximum Gasteiger partial charge on any atom is 0.0716 e. The SMILES string of the molecule is CCCNCC1CCC(CCC)CC1CCOCc1ccccc1. The molecule has 1 aliphatic carbocycles. The van der Waals surface area contributed by atoms with Crippen molar-refractivity contribution in [3.8, 4) is 0 Å². The van der Waals surface area contributed by atoms with E-state index in [-0.39, 0.29) is 0 Å². The highest BCUT2D eigenvalue weighted by Crippen LogP contribution is 2.37. The van der Waals surface area contributed by atoms with Crippen LogP contribution in [0.25, 0.3) is 0 Å². The molecular formula is C22H37NO. The molecule has 0 aromatic heterocycles. The van der Waals surface area contributed by atoms with E-state index >= 15 is 0 Å². The third-order valence-electron chi connectivity index (χ3n) is 5.52. The van der Waals surface area contributed by atoms with Crippen LogP contribution in [0, 0.1) is 17.8 Å². The third-order valence-corrected chi connectivity index (χ3v) is 5.52. The molecular weight excluding hydrogens is 294 g/mol. The van der Waals surface area contributed by atoms with Gasteiger partial charge in [0.25, 0.3) is 0 Å². The van der Waals surface area contributed by atoms with Crippen molar-refractivity contribution in [1.82, 2.24) is 5.32 Å². The smallest absolute Gasteiger partial charge is 0.0716 e. The standard InChI is InChI=1S/C22H37NO/c1-3-8-19-11-12-22(17-23-14-4-2)21(16-19)13-15-24-18-20-9-6-5-7-10-20/h5-7,9-10,19,21-23H,3-4,8,11-18H2,1-2H3. The quantitative estimate of drug-likeness (QED) is 0.546. The maximum absolute atomic E-state index is 5.97. The van der Waals surface area contributed by atoms with Gasteiger partial charge in [-0.2, -0.15) is 0 Å². The molecule has 1 aliphatic rings. The molecule has 136 valence electrons. The van der Waals surface area contributed by atoms with Gasteiger partial charge in [0.05, 0.1) is 6.61 Å². The zero-order valence-electron chi connectivity index (χ0n) is 15.8. The van der Waals surface area contributed by atoms with Crippen LogP contribution in [-0.4, -0.2) is 19.7 Å². The molecule has 1 saturated carbocycles. The van der Waals surface area contributed by atoms with Gasteiger partial charge in [-0.25, -0.2) is 0 Å². The van der Waals surface area contributed by atoms with E-state index in [2.05, 4.69) is 49.5 Å². The Morgan fingerprint density at radius 1 is 1.00 bits per heavy atom. The third kappa shape index (κ3) is 6.94. The average molecular weight is 332 g/mol. The largest absolute Gasteiger partial charge is 0.377 e. The molecule has 1 aromatic carbocycles. The first-order chi connectivity index (χ1) is 11.8. The summed E-state index contributed by atoms with van der Waals surface area (Å²) in [4.78, 5) is 0. The Morgan fingerprint density at radius 3 is 2.58 bits per heavy atom. The minimum atomic E-state index is 0.755. The summed E-state index contributed by atoms with van der Waals surface area (Å²) in [5.74, 6) is 2.65. The maximum atomic E-state index is 5.97. The second-order valence-electron chi connectivity index (χ2n) is 7.52. The summed E-state index contributed by atoms with van der Waals surface area (Å²) in [6, 6.07) is 10.5. The first-order valence-corrected chi connectivity index (χ1v) is 10.2. The number of rotatable bonds is 11. The summed E-state index contributed by atoms with van der Waals surface area (Å²) in [6.45, 7) is 8.60. The Hall–Kier alpha value is -0.860. The predicted octanol–water partition coefficient (Wildman–Crippen LogP) is 5.43. The van der Waals surface area contributed by atoms with E-state index in [1.807, 2.05) is 0 Å². The van der Waals surface area contributed by atoms with E-state index in [9.17, 15) is 0 Å². The Bertz CT molecular complexity index is 419. The number of nitrogens with one attached hydrogen (secondary N) is 1. The molecule has 3 unspecified atom stereocenters. The fourth-order valence-electron chi connectivity index (χ4n) is 4.18. The van der Waals surface area contributed by atoms with Gasteiger partial charge < -0.3 is 10.1 Å². The second kappa shape index (κ2) is 11.7. The van der Waals surface area contributed by atoms with Gasteiger partial charge in [0.15, 0.2) is 0 Å². The Labute approximate surface area is 149 Å². The number of ether oxygens (including phenoxy) is 1. The van der Waals surface area contributed by atoms with Crippen LogP contribution in [0.1, 0.15) is 64.4 Å². The highest BCUT2D eigenvalue weighted by atomic mass is 16.5. The molecule has 0 spiro atoms. The van der Waals surface area contributed by atoms with Gasteiger partial charge in [-0.3, -0.25) is 0 Å². The van der Waals surface area contributed by atoms with Crippen LogP contribution in [0.15, 0.2) is 30.3 Å². The van der Waals surface area contributed by atoms with Crippen molar-refractivity contribution in [2.45, 2.75) is 65.4 Å². The lowest BCUT2D eigenvalue weighted by Gasteiger charge is -2.36. The highest BCUT2D eigenvalue weighted by molar-refractivity contribution is 5.13. The van der Waals surface area contributed by atoms with Crippen LogP contribution in [0.2, 0.25) is 0 Å². The first kappa shape index (κ1) is 19.5. The minimum absolute atomic E-state index is 0.755. The zero-order chi connectivity index (χ0) is 17.0.